The van der Waals surface area contributed by atoms with Gasteiger partial charge in [-0.25, -0.2) is 4.98 Å². The summed E-state index contributed by atoms with van der Waals surface area (Å²) in [7, 11) is 0. The lowest BCUT2D eigenvalue weighted by Gasteiger charge is -2.20. The van der Waals surface area contributed by atoms with Crippen molar-refractivity contribution in [3.63, 3.8) is 0 Å². The molecular weight excluding hydrogens is 348 g/mol. The molecule has 2 rings (SSSR count). The highest BCUT2D eigenvalue weighted by molar-refractivity contribution is 9.10. The van der Waals surface area contributed by atoms with Crippen LogP contribution in [-0.2, 0) is 6.54 Å². The maximum atomic E-state index is 5.61. The van der Waals surface area contributed by atoms with Gasteiger partial charge in [0.15, 0.2) is 0 Å². The number of oxazole rings is 1. The lowest BCUT2D eigenvalue weighted by Crippen LogP contribution is -2.35. The fraction of sp³-hybridized carbons (Fsp3) is 0.438. The van der Waals surface area contributed by atoms with Gasteiger partial charge in [0.25, 0.3) is 5.22 Å². The Labute approximate surface area is 139 Å². The van der Waals surface area contributed by atoms with E-state index in [1.807, 2.05) is 13.8 Å². The van der Waals surface area contributed by atoms with Crippen molar-refractivity contribution in [2.75, 3.05) is 0 Å². The van der Waals surface area contributed by atoms with Crippen molar-refractivity contribution in [2.45, 2.75) is 56.8 Å². The Morgan fingerprint density at radius 1 is 1.29 bits per heavy atom. The number of hydrogen-bond acceptors (Lipinski definition) is 4. The number of aryl methyl sites for hydroxylation is 2. The molecule has 0 bridgehead atoms. The van der Waals surface area contributed by atoms with Crippen molar-refractivity contribution in [2.24, 2.45) is 0 Å². The molecule has 2 aromatic rings. The molecule has 1 N–H and O–H groups in total. The van der Waals surface area contributed by atoms with Crippen LogP contribution >= 0.6 is 27.7 Å². The van der Waals surface area contributed by atoms with Gasteiger partial charge in [-0.2, -0.15) is 0 Å². The fourth-order valence-corrected chi connectivity index (χ4v) is 3.18. The van der Waals surface area contributed by atoms with Crippen molar-refractivity contribution in [1.29, 1.82) is 0 Å². The first-order chi connectivity index (χ1) is 9.74. The summed E-state index contributed by atoms with van der Waals surface area (Å²) in [6.45, 7) is 11.2. The van der Waals surface area contributed by atoms with E-state index in [-0.39, 0.29) is 5.54 Å². The molecular formula is C16H21BrN2OS. The third kappa shape index (κ3) is 4.87. The molecule has 0 unspecified atom stereocenters. The third-order valence-electron chi connectivity index (χ3n) is 3.03. The van der Waals surface area contributed by atoms with Gasteiger partial charge in [0.05, 0.1) is 5.69 Å². The third-order valence-corrected chi connectivity index (χ3v) is 4.87. The highest BCUT2D eigenvalue weighted by atomic mass is 79.9. The molecule has 0 saturated heterocycles. The van der Waals surface area contributed by atoms with Crippen LogP contribution in [0.5, 0.6) is 0 Å². The summed E-state index contributed by atoms with van der Waals surface area (Å²) in [6, 6.07) is 6.38. The minimum Gasteiger partial charge on any atom is -0.436 e. The SMILES string of the molecule is Cc1nc(Sc2ccc(CNC(C)(C)C)cc2Br)oc1C. The molecule has 0 aliphatic carbocycles. The van der Waals surface area contributed by atoms with Gasteiger partial charge in [-0.05, 0) is 80.0 Å². The Morgan fingerprint density at radius 3 is 2.52 bits per heavy atom. The summed E-state index contributed by atoms with van der Waals surface area (Å²) in [5.74, 6) is 0.875. The number of rotatable bonds is 4. The van der Waals surface area contributed by atoms with Crippen LogP contribution in [0.25, 0.3) is 0 Å². The second-order valence-electron chi connectivity index (χ2n) is 6.09. The predicted molar refractivity (Wildman–Crippen MR) is 90.8 cm³/mol. The van der Waals surface area contributed by atoms with E-state index >= 15 is 0 Å². The maximum absolute atomic E-state index is 5.61. The summed E-state index contributed by atoms with van der Waals surface area (Å²) in [5, 5.41) is 4.17. The number of benzene rings is 1. The van der Waals surface area contributed by atoms with E-state index in [0.29, 0.717) is 5.22 Å². The zero-order valence-corrected chi connectivity index (χ0v) is 15.5. The Balaban J connectivity index is 2.08. The number of hydrogen-bond donors (Lipinski definition) is 1. The van der Waals surface area contributed by atoms with Crippen LogP contribution in [0.4, 0.5) is 0 Å². The minimum atomic E-state index is 0.118. The Kier molecular flexibility index (Phi) is 5.17. The Hall–Kier alpha value is -0.780. The van der Waals surface area contributed by atoms with Crippen molar-refractivity contribution in [3.8, 4) is 0 Å². The highest BCUT2D eigenvalue weighted by Gasteiger charge is 2.12. The molecule has 0 aliphatic rings. The van der Waals surface area contributed by atoms with E-state index in [0.717, 1.165) is 27.4 Å². The first-order valence-electron chi connectivity index (χ1n) is 6.90. The normalized spacial score (nSPS) is 11.9. The molecule has 3 nitrogen and oxygen atoms in total. The average molecular weight is 369 g/mol. The van der Waals surface area contributed by atoms with E-state index in [9.17, 15) is 0 Å². The van der Waals surface area contributed by atoms with E-state index < -0.39 is 0 Å². The van der Waals surface area contributed by atoms with Gasteiger partial charge in [-0.3, -0.25) is 0 Å². The molecule has 114 valence electrons. The minimum absolute atomic E-state index is 0.118. The summed E-state index contributed by atoms with van der Waals surface area (Å²) in [4.78, 5) is 5.51. The lowest BCUT2D eigenvalue weighted by molar-refractivity contribution is 0.424. The van der Waals surface area contributed by atoms with Gasteiger partial charge >= 0.3 is 0 Å². The number of halogens is 1. The summed E-state index contributed by atoms with van der Waals surface area (Å²) in [6.07, 6.45) is 0. The van der Waals surface area contributed by atoms with Crippen LogP contribution in [0.2, 0.25) is 0 Å². The van der Waals surface area contributed by atoms with Gasteiger partial charge in [0, 0.05) is 21.5 Å². The van der Waals surface area contributed by atoms with E-state index in [2.05, 4.69) is 65.2 Å². The van der Waals surface area contributed by atoms with Crippen LogP contribution in [-0.4, -0.2) is 10.5 Å². The standard InChI is InChI=1S/C16H21BrN2OS/c1-10-11(2)20-15(19-10)21-14-7-6-12(8-13(14)17)9-18-16(3,4)5/h6-8,18H,9H2,1-5H3. The smallest absolute Gasteiger partial charge is 0.261 e. The Morgan fingerprint density at radius 2 is 2.00 bits per heavy atom. The molecule has 1 aromatic carbocycles. The molecule has 0 atom stereocenters. The molecule has 21 heavy (non-hydrogen) atoms. The molecule has 0 spiro atoms. The first kappa shape index (κ1) is 16.6. The molecule has 1 heterocycles. The monoisotopic (exact) mass is 368 g/mol. The lowest BCUT2D eigenvalue weighted by atomic mass is 10.1. The largest absolute Gasteiger partial charge is 0.436 e. The second-order valence-corrected chi connectivity index (χ2v) is 7.94. The van der Waals surface area contributed by atoms with Gasteiger partial charge in [-0.15, -0.1) is 0 Å². The van der Waals surface area contributed by atoms with Crippen molar-refractivity contribution < 1.29 is 4.42 Å². The van der Waals surface area contributed by atoms with Crippen LogP contribution in [0.3, 0.4) is 0 Å². The second kappa shape index (κ2) is 6.55. The molecule has 0 amide bonds. The fourth-order valence-electron chi connectivity index (χ4n) is 1.69. The Bertz CT molecular complexity index is 612. The predicted octanol–water partition coefficient (Wildman–Crippen LogP) is 5.09. The number of nitrogens with one attached hydrogen (secondary N) is 1. The summed E-state index contributed by atoms with van der Waals surface area (Å²) >= 11 is 5.17. The van der Waals surface area contributed by atoms with Crippen LogP contribution in [0.1, 0.15) is 37.8 Å². The first-order valence-corrected chi connectivity index (χ1v) is 8.51. The van der Waals surface area contributed by atoms with Gasteiger partial charge < -0.3 is 9.73 Å². The maximum Gasteiger partial charge on any atom is 0.261 e. The van der Waals surface area contributed by atoms with E-state index in [1.165, 1.54) is 17.3 Å². The van der Waals surface area contributed by atoms with Gasteiger partial charge in [-0.1, -0.05) is 6.07 Å². The molecule has 1 aromatic heterocycles. The van der Waals surface area contributed by atoms with Crippen molar-refractivity contribution in [3.05, 3.63) is 39.7 Å². The molecule has 0 radical (unpaired) electrons. The van der Waals surface area contributed by atoms with Crippen LogP contribution in [0, 0.1) is 13.8 Å². The van der Waals surface area contributed by atoms with Crippen LogP contribution in [0.15, 0.2) is 37.2 Å². The topological polar surface area (TPSA) is 38.1 Å². The van der Waals surface area contributed by atoms with Crippen LogP contribution < -0.4 is 5.32 Å². The molecule has 5 heteroatoms. The van der Waals surface area contributed by atoms with Gasteiger partial charge in [0.2, 0.25) is 0 Å². The number of nitrogens with zero attached hydrogens (tertiary/aromatic N) is 1. The average Bonchev–Trinajstić information content (AvgIpc) is 2.68. The quantitative estimate of drug-likeness (QED) is 0.814. The molecule has 0 aliphatic heterocycles. The zero-order chi connectivity index (χ0) is 15.6. The van der Waals surface area contributed by atoms with E-state index in [1.54, 1.807) is 0 Å². The van der Waals surface area contributed by atoms with E-state index in [4.69, 9.17) is 4.42 Å². The summed E-state index contributed by atoms with van der Waals surface area (Å²) in [5.41, 5.74) is 2.31. The van der Waals surface area contributed by atoms with Gasteiger partial charge in [0.1, 0.15) is 5.76 Å². The highest BCUT2D eigenvalue weighted by Crippen LogP contribution is 2.34. The number of aromatic nitrogens is 1. The zero-order valence-electron chi connectivity index (χ0n) is 13.1. The van der Waals surface area contributed by atoms with Crippen molar-refractivity contribution in [1.82, 2.24) is 10.3 Å². The summed E-state index contributed by atoms with van der Waals surface area (Å²) < 4.78 is 6.68. The molecule has 0 fully saturated rings. The van der Waals surface area contributed by atoms with Crippen molar-refractivity contribution >= 4 is 27.7 Å². The molecule has 0 saturated carbocycles.